The van der Waals surface area contributed by atoms with Gasteiger partial charge in [-0.3, -0.25) is 9.69 Å². The van der Waals surface area contributed by atoms with Crippen molar-refractivity contribution >= 4 is 30.7 Å². The van der Waals surface area contributed by atoms with Gasteiger partial charge in [-0.1, -0.05) is 18.2 Å². The van der Waals surface area contributed by atoms with E-state index < -0.39 is 0 Å². The molecule has 26 heavy (non-hydrogen) atoms. The third-order valence-corrected chi connectivity index (χ3v) is 5.51. The number of ether oxygens (including phenoxy) is 1. The first-order valence-electron chi connectivity index (χ1n) is 9.00. The van der Waals surface area contributed by atoms with Gasteiger partial charge in [0, 0.05) is 37.3 Å². The lowest BCUT2D eigenvalue weighted by molar-refractivity contribution is -0.136. The Balaban J connectivity index is 0.00000169. The molecule has 2 heterocycles. The van der Waals surface area contributed by atoms with E-state index in [-0.39, 0.29) is 36.8 Å². The molecule has 0 radical (unpaired) electrons. The summed E-state index contributed by atoms with van der Waals surface area (Å²) >= 11 is 0. The molecule has 0 aromatic heterocycles. The lowest BCUT2D eigenvalue weighted by Crippen LogP contribution is -2.52. The molecule has 5 nitrogen and oxygen atoms in total. The van der Waals surface area contributed by atoms with Crippen molar-refractivity contribution in [2.75, 3.05) is 33.3 Å². The maximum absolute atomic E-state index is 13.0. The van der Waals surface area contributed by atoms with Crippen LogP contribution in [0.1, 0.15) is 38.3 Å². The molecule has 2 saturated heterocycles. The zero-order valence-electron chi connectivity index (χ0n) is 15.8. The molecule has 1 N–H and O–H groups in total. The highest BCUT2D eigenvalue weighted by molar-refractivity contribution is 5.85. The van der Waals surface area contributed by atoms with Crippen LogP contribution in [0.2, 0.25) is 0 Å². The van der Waals surface area contributed by atoms with Crippen LogP contribution in [0.15, 0.2) is 24.3 Å². The largest absolute Gasteiger partial charge is 0.496 e. The number of amides is 1. The molecule has 3 atom stereocenters. The summed E-state index contributed by atoms with van der Waals surface area (Å²) < 4.78 is 5.52. The molecule has 0 saturated carbocycles. The normalized spacial score (nSPS) is 26.0. The van der Waals surface area contributed by atoms with Crippen molar-refractivity contribution in [3.05, 3.63) is 29.8 Å². The number of carbonyl (C=O) groups excluding carboxylic acids is 1. The molecular formula is C19H31Cl2N3O2. The summed E-state index contributed by atoms with van der Waals surface area (Å²) in [6.45, 7) is 7.35. The fraction of sp³-hybridized carbons (Fsp3) is 0.632. The molecule has 2 aliphatic rings. The summed E-state index contributed by atoms with van der Waals surface area (Å²) in [5, 5.41) is 3.42. The Morgan fingerprint density at radius 1 is 1.19 bits per heavy atom. The molecule has 1 aromatic rings. The van der Waals surface area contributed by atoms with Crippen molar-refractivity contribution < 1.29 is 9.53 Å². The lowest BCUT2D eigenvalue weighted by atomic mass is 10.0. The number of para-hydroxylation sites is 1. The Hall–Kier alpha value is -1.01. The standard InChI is InChI=1S/C19H29N3O2.2ClH/c1-14-8-9-15(2)22(14)13-19(23)21-11-10-20-12-17(21)16-6-4-5-7-18(16)24-3;;/h4-7,14-15,17,20H,8-13H2,1-3H3;2*1H. The van der Waals surface area contributed by atoms with Crippen LogP contribution in [0.3, 0.4) is 0 Å². The van der Waals surface area contributed by atoms with Crippen LogP contribution in [-0.2, 0) is 4.79 Å². The van der Waals surface area contributed by atoms with Gasteiger partial charge in [-0.2, -0.15) is 0 Å². The summed E-state index contributed by atoms with van der Waals surface area (Å²) in [6.07, 6.45) is 2.37. The first kappa shape index (κ1) is 23.0. The highest BCUT2D eigenvalue weighted by Gasteiger charge is 2.34. The monoisotopic (exact) mass is 403 g/mol. The molecule has 3 unspecified atom stereocenters. The van der Waals surface area contributed by atoms with Crippen molar-refractivity contribution in [2.45, 2.75) is 44.8 Å². The number of hydrogen-bond acceptors (Lipinski definition) is 4. The highest BCUT2D eigenvalue weighted by Crippen LogP contribution is 2.31. The second-order valence-corrected chi connectivity index (χ2v) is 7.00. The summed E-state index contributed by atoms with van der Waals surface area (Å²) in [5.41, 5.74) is 1.09. The number of carbonyl (C=O) groups is 1. The summed E-state index contributed by atoms with van der Waals surface area (Å²) in [7, 11) is 1.69. The van der Waals surface area contributed by atoms with Gasteiger partial charge in [0.05, 0.1) is 19.7 Å². The SMILES string of the molecule is COc1ccccc1C1CNCCN1C(=O)CN1C(C)CCC1C.Cl.Cl. The van der Waals surface area contributed by atoms with Crippen LogP contribution in [0, 0.1) is 0 Å². The number of rotatable bonds is 4. The van der Waals surface area contributed by atoms with Gasteiger partial charge in [0.2, 0.25) is 5.91 Å². The van der Waals surface area contributed by atoms with Crippen molar-refractivity contribution in [1.29, 1.82) is 0 Å². The smallest absolute Gasteiger partial charge is 0.237 e. The van der Waals surface area contributed by atoms with Gasteiger partial charge in [-0.25, -0.2) is 0 Å². The van der Waals surface area contributed by atoms with Crippen molar-refractivity contribution in [1.82, 2.24) is 15.1 Å². The van der Waals surface area contributed by atoms with Gasteiger partial charge >= 0.3 is 0 Å². The van der Waals surface area contributed by atoms with E-state index in [0.29, 0.717) is 18.6 Å². The third-order valence-electron chi connectivity index (χ3n) is 5.51. The number of nitrogens with zero attached hydrogens (tertiary/aromatic N) is 2. The highest BCUT2D eigenvalue weighted by atomic mass is 35.5. The number of halogens is 2. The minimum absolute atomic E-state index is 0. The number of benzene rings is 1. The maximum Gasteiger partial charge on any atom is 0.237 e. The molecule has 0 spiro atoms. The minimum Gasteiger partial charge on any atom is -0.496 e. The second-order valence-electron chi connectivity index (χ2n) is 7.00. The van der Waals surface area contributed by atoms with Crippen molar-refractivity contribution in [2.24, 2.45) is 0 Å². The first-order chi connectivity index (χ1) is 11.6. The number of hydrogen-bond donors (Lipinski definition) is 1. The average molecular weight is 404 g/mol. The molecular weight excluding hydrogens is 373 g/mol. The maximum atomic E-state index is 13.0. The number of piperazine rings is 1. The Bertz CT molecular complexity index is 578. The van der Waals surface area contributed by atoms with Crippen LogP contribution in [0.25, 0.3) is 0 Å². The van der Waals surface area contributed by atoms with Gasteiger partial charge in [0.15, 0.2) is 0 Å². The predicted octanol–water partition coefficient (Wildman–Crippen LogP) is 2.88. The first-order valence-corrected chi connectivity index (χ1v) is 9.00. The van der Waals surface area contributed by atoms with Gasteiger partial charge < -0.3 is 15.0 Å². The van der Waals surface area contributed by atoms with E-state index >= 15 is 0 Å². The Labute approximate surface area is 169 Å². The van der Waals surface area contributed by atoms with Crippen molar-refractivity contribution in [3.8, 4) is 5.75 Å². The molecule has 3 rings (SSSR count). The fourth-order valence-corrected chi connectivity index (χ4v) is 4.03. The van der Waals surface area contributed by atoms with Crippen LogP contribution in [-0.4, -0.2) is 61.1 Å². The topological polar surface area (TPSA) is 44.8 Å². The molecule has 2 aliphatic heterocycles. The Morgan fingerprint density at radius 2 is 1.85 bits per heavy atom. The third kappa shape index (κ3) is 4.83. The molecule has 0 aliphatic carbocycles. The van der Waals surface area contributed by atoms with Gasteiger partial charge in [-0.05, 0) is 32.8 Å². The molecule has 1 amide bonds. The van der Waals surface area contributed by atoms with E-state index in [1.165, 1.54) is 12.8 Å². The van der Waals surface area contributed by atoms with Crippen LogP contribution in [0.5, 0.6) is 5.75 Å². The number of nitrogens with one attached hydrogen (secondary N) is 1. The number of likely N-dealkylation sites (tertiary alicyclic amines) is 1. The zero-order chi connectivity index (χ0) is 17.1. The van der Waals surface area contributed by atoms with Crippen LogP contribution in [0.4, 0.5) is 0 Å². The van der Waals surface area contributed by atoms with E-state index in [0.717, 1.165) is 30.9 Å². The molecule has 7 heteroatoms. The summed E-state index contributed by atoms with van der Waals surface area (Å²) in [4.78, 5) is 17.4. The quantitative estimate of drug-likeness (QED) is 0.839. The van der Waals surface area contributed by atoms with Crippen LogP contribution >= 0.6 is 24.8 Å². The summed E-state index contributed by atoms with van der Waals surface area (Å²) in [6, 6.07) is 9.05. The van der Waals surface area contributed by atoms with Crippen LogP contribution < -0.4 is 10.1 Å². The summed E-state index contributed by atoms with van der Waals surface area (Å²) in [5.74, 6) is 1.08. The Kier molecular flexibility index (Phi) is 9.17. The Morgan fingerprint density at radius 3 is 2.50 bits per heavy atom. The molecule has 0 bridgehead atoms. The van der Waals surface area contributed by atoms with Gasteiger partial charge in [0.25, 0.3) is 0 Å². The van der Waals surface area contributed by atoms with E-state index in [1.807, 2.05) is 23.1 Å². The van der Waals surface area contributed by atoms with E-state index in [4.69, 9.17) is 4.74 Å². The van der Waals surface area contributed by atoms with E-state index in [2.05, 4.69) is 30.1 Å². The van der Waals surface area contributed by atoms with E-state index in [1.54, 1.807) is 7.11 Å². The second kappa shape index (κ2) is 10.4. The van der Waals surface area contributed by atoms with E-state index in [9.17, 15) is 4.79 Å². The molecule has 148 valence electrons. The average Bonchev–Trinajstić information content (AvgIpc) is 2.93. The molecule has 1 aromatic carbocycles. The predicted molar refractivity (Wildman–Crippen MR) is 110 cm³/mol. The van der Waals surface area contributed by atoms with Gasteiger partial charge in [-0.15, -0.1) is 24.8 Å². The number of methoxy groups -OCH3 is 1. The zero-order valence-corrected chi connectivity index (χ0v) is 17.4. The van der Waals surface area contributed by atoms with Crippen molar-refractivity contribution in [3.63, 3.8) is 0 Å². The molecule has 2 fully saturated rings. The minimum atomic E-state index is 0. The van der Waals surface area contributed by atoms with Gasteiger partial charge in [0.1, 0.15) is 5.75 Å². The fourth-order valence-electron chi connectivity index (χ4n) is 4.03. The lowest BCUT2D eigenvalue weighted by Gasteiger charge is -2.38.